The zero-order valence-electron chi connectivity index (χ0n) is 6.69. The number of hydrogen-bond acceptors (Lipinski definition) is 2. The number of hydrogen-bond donors (Lipinski definition) is 2. The molecule has 0 aromatic carbocycles. The zero-order valence-corrected chi connectivity index (χ0v) is 6.69. The van der Waals surface area contributed by atoms with E-state index < -0.39 is 0 Å². The summed E-state index contributed by atoms with van der Waals surface area (Å²) in [7, 11) is 1.39. The van der Waals surface area contributed by atoms with Crippen molar-refractivity contribution in [2.45, 2.75) is 26.5 Å². The molecule has 0 saturated carbocycles. The Morgan fingerprint density at radius 1 is 1.00 bits per heavy atom. The van der Waals surface area contributed by atoms with Crippen LogP contribution < -0.4 is 11.5 Å². The molecular weight excluding hydrogens is 111 g/mol. The van der Waals surface area contributed by atoms with Crippen LogP contribution in [0, 0.1) is 0 Å². The van der Waals surface area contributed by atoms with E-state index in [0.717, 1.165) is 0 Å². The summed E-state index contributed by atoms with van der Waals surface area (Å²) in [4.78, 5) is 0. The van der Waals surface area contributed by atoms with Gasteiger partial charge in [0.25, 0.3) is 0 Å². The highest BCUT2D eigenvalue weighted by Gasteiger charge is 1.73. The van der Waals surface area contributed by atoms with Crippen molar-refractivity contribution in [3.05, 3.63) is 0 Å². The van der Waals surface area contributed by atoms with Gasteiger partial charge in [-0.25, -0.2) is 0 Å². The quantitative estimate of drug-likeness (QED) is 0.536. The fraction of sp³-hybridized carbons (Fsp3) is 1.00. The lowest BCUT2D eigenvalue weighted by atomic mass is 9.73. The topological polar surface area (TPSA) is 52.0 Å². The Balaban J connectivity index is 0. The minimum absolute atomic E-state index is 0.597. The Kier molecular flexibility index (Phi) is 20.5. The van der Waals surface area contributed by atoms with Gasteiger partial charge < -0.3 is 11.5 Å². The van der Waals surface area contributed by atoms with Crippen molar-refractivity contribution in [1.29, 1.82) is 0 Å². The lowest BCUT2D eigenvalue weighted by Crippen LogP contribution is -2.11. The van der Waals surface area contributed by atoms with Gasteiger partial charge in [-0.1, -0.05) is 26.5 Å². The molecule has 0 radical (unpaired) electrons. The van der Waals surface area contributed by atoms with Gasteiger partial charge in [0.2, 0.25) is 0 Å². The average molecular weight is 130 g/mol. The van der Waals surface area contributed by atoms with Crippen LogP contribution in [0.5, 0.6) is 0 Å². The second kappa shape index (κ2) is 15.7. The first-order valence-corrected chi connectivity index (χ1v) is 3.73. The predicted octanol–water partition coefficient (Wildman–Crippen LogP) is 0.203. The molecule has 0 heterocycles. The minimum atomic E-state index is 0.597. The summed E-state index contributed by atoms with van der Waals surface area (Å²) < 4.78 is 0. The molecule has 9 heavy (non-hydrogen) atoms. The van der Waals surface area contributed by atoms with Crippen LogP contribution in [0.15, 0.2) is 0 Å². The fourth-order valence-electron chi connectivity index (χ4n) is 0.354. The highest BCUT2D eigenvalue weighted by molar-refractivity contribution is 6.34. The molecule has 0 aromatic heterocycles. The summed E-state index contributed by atoms with van der Waals surface area (Å²) in [5.74, 6) is 0. The van der Waals surface area contributed by atoms with Crippen molar-refractivity contribution in [1.82, 2.24) is 0 Å². The van der Waals surface area contributed by atoms with Gasteiger partial charge in [-0.3, -0.25) is 0 Å². The Bertz CT molecular complexity index is 30.2. The monoisotopic (exact) mass is 130 g/mol. The third-order valence-corrected chi connectivity index (χ3v) is 0.874. The van der Waals surface area contributed by atoms with E-state index in [0.29, 0.717) is 13.1 Å². The van der Waals surface area contributed by atoms with Gasteiger partial charge in [0.1, 0.15) is 7.28 Å². The molecule has 0 aliphatic rings. The van der Waals surface area contributed by atoms with Crippen LogP contribution in [0.25, 0.3) is 0 Å². The minimum Gasteiger partial charge on any atom is -0.329 e. The Morgan fingerprint density at radius 2 is 1.33 bits per heavy atom. The molecule has 4 N–H and O–H groups in total. The Morgan fingerprint density at radius 3 is 1.33 bits per heavy atom. The van der Waals surface area contributed by atoms with Crippen molar-refractivity contribution in [3.8, 4) is 0 Å². The first-order valence-electron chi connectivity index (χ1n) is 3.73. The summed E-state index contributed by atoms with van der Waals surface area (Å²) in [5, 5.41) is 0. The van der Waals surface area contributed by atoms with Crippen LogP contribution in [0.2, 0.25) is 12.6 Å². The summed E-state index contributed by atoms with van der Waals surface area (Å²) in [5.41, 5.74) is 9.81. The third-order valence-electron chi connectivity index (χ3n) is 0.874. The van der Waals surface area contributed by atoms with Gasteiger partial charge >= 0.3 is 0 Å². The van der Waals surface area contributed by atoms with E-state index in [1.165, 1.54) is 19.9 Å². The lowest BCUT2D eigenvalue weighted by molar-refractivity contribution is 0.976. The SMILES string of the molecule is CCBCC.NCCN. The van der Waals surface area contributed by atoms with Gasteiger partial charge in [0.05, 0.1) is 0 Å². The van der Waals surface area contributed by atoms with Crippen molar-refractivity contribution in [2.75, 3.05) is 13.1 Å². The molecule has 0 rings (SSSR count). The molecule has 0 bridgehead atoms. The van der Waals surface area contributed by atoms with Crippen LogP contribution >= 0.6 is 0 Å². The number of nitrogens with two attached hydrogens (primary N) is 2. The van der Waals surface area contributed by atoms with Crippen molar-refractivity contribution in [3.63, 3.8) is 0 Å². The Labute approximate surface area is 59.2 Å². The Hall–Kier alpha value is -0.0151. The molecule has 0 fully saturated rings. The van der Waals surface area contributed by atoms with E-state index in [-0.39, 0.29) is 0 Å². The summed E-state index contributed by atoms with van der Waals surface area (Å²) >= 11 is 0. The highest BCUT2D eigenvalue weighted by Crippen LogP contribution is 1.77. The van der Waals surface area contributed by atoms with Gasteiger partial charge in [-0.2, -0.15) is 0 Å². The maximum absolute atomic E-state index is 4.90. The van der Waals surface area contributed by atoms with E-state index >= 15 is 0 Å². The standard InChI is InChI=1S/C4H11B.C2H8N2/c1-3-5-4-2;3-1-2-4/h5H,3-4H2,1-2H3;1-4H2. The van der Waals surface area contributed by atoms with Crippen LogP contribution in [-0.4, -0.2) is 20.4 Å². The molecule has 56 valence electrons. The average Bonchev–Trinajstić information content (AvgIpc) is 1.91. The molecule has 2 nitrogen and oxygen atoms in total. The molecule has 0 aliphatic carbocycles. The molecular formula is C6H19BN2. The maximum atomic E-state index is 4.90. The molecule has 0 aliphatic heterocycles. The van der Waals surface area contributed by atoms with Crippen LogP contribution in [0.1, 0.15) is 13.8 Å². The van der Waals surface area contributed by atoms with Crippen LogP contribution in [-0.2, 0) is 0 Å². The van der Waals surface area contributed by atoms with Crippen molar-refractivity contribution >= 4 is 7.28 Å². The first kappa shape index (κ1) is 11.7. The van der Waals surface area contributed by atoms with E-state index in [1.54, 1.807) is 0 Å². The fourth-order valence-corrected chi connectivity index (χ4v) is 0.354. The number of rotatable bonds is 3. The highest BCUT2D eigenvalue weighted by atomic mass is 14.6. The largest absolute Gasteiger partial charge is 0.329 e. The molecule has 0 atom stereocenters. The molecule has 0 saturated heterocycles. The molecule has 0 aromatic rings. The van der Waals surface area contributed by atoms with Crippen LogP contribution in [0.3, 0.4) is 0 Å². The summed E-state index contributed by atoms with van der Waals surface area (Å²) in [6, 6.07) is 0. The van der Waals surface area contributed by atoms with E-state index in [2.05, 4.69) is 13.8 Å². The zero-order chi connectivity index (χ0) is 7.54. The molecule has 3 heteroatoms. The second-order valence-electron chi connectivity index (χ2n) is 1.93. The van der Waals surface area contributed by atoms with Gasteiger partial charge in [0.15, 0.2) is 0 Å². The van der Waals surface area contributed by atoms with Crippen molar-refractivity contribution in [2.24, 2.45) is 11.5 Å². The van der Waals surface area contributed by atoms with E-state index in [1.807, 2.05) is 0 Å². The van der Waals surface area contributed by atoms with Gasteiger partial charge in [-0.05, 0) is 0 Å². The molecule has 0 unspecified atom stereocenters. The smallest absolute Gasteiger partial charge is 0.120 e. The normalized spacial score (nSPS) is 7.56. The predicted molar refractivity (Wildman–Crippen MR) is 46.2 cm³/mol. The third kappa shape index (κ3) is 32.1. The summed E-state index contributed by atoms with van der Waals surface area (Å²) in [6.07, 6.45) is 2.69. The molecule has 0 amide bonds. The maximum Gasteiger partial charge on any atom is 0.120 e. The summed E-state index contributed by atoms with van der Waals surface area (Å²) in [6.45, 7) is 5.62. The van der Waals surface area contributed by atoms with Crippen LogP contribution in [0.4, 0.5) is 0 Å². The van der Waals surface area contributed by atoms with Gasteiger partial charge in [-0.15, -0.1) is 0 Å². The first-order chi connectivity index (χ1) is 4.33. The molecule has 0 spiro atoms. The van der Waals surface area contributed by atoms with Gasteiger partial charge in [0, 0.05) is 13.1 Å². The van der Waals surface area contributed by atoms with E-state index in [4.69, 9.17) is 11.5 Å². The van der Waals surface area contributed by atoms with E-state index in [9.17, 15) is 0 Å². The lowest BCUT2D eigenvalue weighted by Gasteiger charge is -1.75. The second-order valence-corrected chi connectivity index (χ2v) is 1.93. The van der Waals surface area contributed by atoms with Crippen molar-refractivity contribution < 1.29 is 0 Å².